The number of halogens is 2. The quantitative estimate of drug-likeness (QED) is 0.828. The molecule has 1 fully saturated rings. The first-order chi connectivity index (χ1) is 11.2. The number of fused-ring (bicyclic) bond motifs is 1. The zero-order valence-corrected chi connectivity index (χ0v) is 15.6. The minimum atomic E-state index is -0.528. The van der Waals surface area contributed by atoms with Gasteiger partial charge in [-0.25, -0.2) is 0 Å². The van der Waals surface area contributed by atoms with Crippen LogP contribution in [0.5, 0.6) is 0 Å². The summed E-state index contributed by atoms with van der Waals surface area (Å²) in [4.78, 5) is 25.5. The molecule has 2 heterocycles. The summed E-state index contributed by atoms with van der Waals surface area (Å²) in [5.41, 5.74) is 6.60. The van der Waals surface area contributed by atoms with Crippen molar-refractivity contribution in [1.29, 1.82) is 0 Å². The second-order valence-electron chi connectivity index (χ2n) is 6.65. The topological polar surface area (TPSA) is 81.4 Å². The molecule has 2 unspecified atom stereocenters. The Morgan fingerprint density at radius 2 is 2.12 bits per heavy atom. The Kier molecular flexibility index (Phi) is 4.68. The van der Waals surface area contributed by atoms with Crippen molar-refractivity contribution in [3.05, 3.63) is 26.6 Å². The molecule has 2 aliphatic rings. The Labute approximate surface area is 154 Å². The zero-order valence-electron chi connectivity index (χ0n) is 13.3. The number of amides is 2. The van der Waals surface area contributed by atoms with Crippen molar-refractivity contribution in [3.63, 3.8) is 0 Å². The molecule has 3 N–H and O–H groups in total. The predicted octanol–water partition coefficient (Wildman–Crippen LogP) is 3.45. The Morgan fingerprint density at radius 1 is 1.42 bits per heavy atom. The molecule has 0 saturated heterocycles. The van der Waals surface area contributed by atoms with Crippen LogP contribution in [0.4, 0.5) is 5.00 Å². The summed E-state index contributed by atoms with van der Waals surface area (Å²) < 4.78 is 5.57. The van der Waals surface area contributed by atoms with E-state index in [9.17, 15) is 9.59 Å². The van der Waals surface area contributed by atoms with Crippen LogP contribution in [0.2, 0.25) is 0 Å². The number of rotatable bonds is 4. The summed E-state index contributed by atoms with van der Waals surface area (Å²) in [5.74, 6) is -0.962. The molecule has 24 heavy (non-hydrogen) atoms. The van der Waals surface area contributed by atoms with E-state index in [4.69, 9.17) is 33.7 Å². The third-order valence-electron chi connectivity index (χ3n) is 4.80. The van der Waals surface area contributed by atoms with Crippen molar-refractivity contribution in [2.24, 2.45) is 23.0 Å². The zero-order chi connectivity index (χ0) is 17.6. The largest absolute Gasteiger partial charge is 0.376 e. The second kappa shape index (κ2) is 6.33. The van der Waals surface area contributed by atoms with Crippen molar-refractivity contribution in [1.82, 2.24) is 0 Å². The lowest BCUT2D eigenvalue weighted by atomic mass is 10.1. The van der Waals surface area contributed by atoms with Gasteiger partial charge in [0.2, 0.25) is 5.91 Å². The molecule has 1 aromatic heterocycles. The molecule has 1 aliphatic carbocycles. The van der Waals surface area contributed by atoms with Crippen molar-refractivity contribution in [3.8, 4) is 0 Å². The number of allylic oxidation sites excluding steroid dienone is 1. The van der Waals surface area contributed by atoms with E-state index in [-0.39, 0.29) is 27.6 Å². The third kappa shape index (κ3) is 3.08. The van der Waals surface area contributed by atoms with Crippen LogP contribution in [0.25, 0.3) is 0 Å². The Hall–Kier alpha value is -1.08. The number of ether oxygens (including phenoxy) is 1. The Bertz CT molecular complexity index is 738. The minimum absolute atomic E-state index is 0.0301. The Balaban J connectivity index is 1.84. The number of nitrogens with one attached hydrogen (secondary N) is 1. The standard InChI is InChI=1S/C16H18Cl2N2O3S/c1-16(2)8(5-10(17)18)12(16)14(22)20-15-11(13(19)21)7-3-4-23-6-9(7)24-15/h5,8,12H,3-4,6H2,1-2H3,(H2,19,21)(H,20,22). The fraction of sp³-hybridized carbons (Fsp3) is 0.500. The first-order valence-electron chi connectivity index (χ1n) is 7.59. The van der Waals surface area contributed by atoms with E-state index in [1.54, 1.807) is 6.08 Å². The molecule has 0 aromatic carbocycles. The van der Waals surface area contributed by atoms with E-state index in [2.05, 4.69) is 5.32 Å². The van der Waals surface area contributed by atoms with Gasteiger partial charge in [-0.15, -0.1) is 11.3 Å². The van der Waals surface area contributed by atoms with Gasteiger partial charge in [-0.05, 0) is 29.4 Å². The van der Waals surface area contributed by atoms with Gasteiger partial charge in [-0.2, -0.15) is 0 Å². The van der Waals surface area contributed by atoms with Gasteiger partial charge in [-0.1, -0.05) is 37.0 Å². The molecule has 5 nitrogen and oxygen atoms in total. The van der Waals surface area contributed by atoms with Crippen LogP contribution in [0.1, 0.15) is 34.6 Å². The summed E-state index contributed by atoms with van der Waals surface area (Å²) in [5, 5.41) is 3.38. The first kappa shape index (κ1) is 17.7. The number of primary amides is 1. The maximum absolute atomic E-state index is 12.7. The fourth-order valence-electron chi connectivity index (χ4n) is 3.40. The van der Waals surface area contributed by atoms with Crippen LogP contribution >= 0.6 is 34.5 Å². The Morgan fingerprint density at radius 3 is 2.75 bits per heavy atom. The highest BCUT2D eigenvalue weighted by Gasteiger charge is 2.60. The van der Waals surface area contributed by atoms with E-state index in [1.807, 2.05) is 13.8 Å². The van der Waals surface area contributed by atoms with Gasteiger partial charge in [0.15, 0.2) is 0 Å². The highest BCUT2D eigenvalue weighted by Crippen LogP contribution is 2.60. The van der Waals surface area contributed by atoms with E-state index >= 15 is 0 Å². The summed E-state index contributed by atoms with van der Waals surface area (Å²) in [6.45, 7) is 4.96. The summed E-state index contributed by atoms with van der Waals surface area (Å²) in [7, 11) is 0. The van der Waals surface area contributed by atoms with Gasteiger partial charge < -0.3 is 15.8 Å². The summed E-state index contributed by atoms with van der Waals surface area (Å²) >= 11 is 12.8. The van der Waals surface area contributed by atoms with E-state index < -0.39 is 5.91 Å². The predicted molar refractivity (Wildman–Crippen MR) is 95.4 cm³/mol. The average molecular weight is 389 g/mol. The van der Waals surface area contributed by atoms with Crippen LogP contribution in [0, 0.1) is 17.3 Å². The van der Waals surface area contributed by atoms with Gasteiger partial charge in [-0.3, -0.25) is 9.59 Å². The third-order valence-corrected chi connectivity index (χ3v) is 6.18. The monoisotopic (exact) mass is 388 g/mol. The van der Waals surface area contributed by atoms with E-state index in [0.29, 0.717) is 30.2 Å². The number of hydrogen-bond donors (Lipinski definition) is 2. The van der Waals surface area contributed by atoms with Gasteiger partial charge in [0.1, 0.15) is 9.49 Å². The lowest BCUT2D eigenvalue weighted by molar-refractivity contribution is -0.118. The molecule has 0 bridgehead atoms. The highest BCUT2D eigenvalue weighted by atomic mass is 35.5. The summed E-state index contributed by atoms with van der Waals surface area (Å²) in [6, 6.07) is 0. The minimum Gasteiger partial charge on any atom is -0.376 e. The smallest absolute Gasteiger partial charge is 0.251 e. The highest BCUT2D eigenvalue weighted by molar-refractivity contribution is 7.17. The molecule has 1 aromatic rings. The second-order valence-corrected chi connectivity index (χ2v) is 8.76. The number of nitrogens with two attached hydrogens (primary N) is 1. The van der Waals surface area contributed by atoms with Crippen LogP contribution in [-0.2, 0) is 22.6 Å². The number of carbonyl (C=O) groups excluding carboxylic acids is 2. The van der Waals surface area contributed by atoms with E-state index in [1.165, 1.54) is 11.3 Å². The SMILES string of the molecule is CC1(C)C(C=C(Cl)Cl)C1C(=O)Nc1sc2c(c1C(N)=O)CCOC2. The molecule has 1 saturated carbocycles. The molecule has 2 amide bonds. The number of thiophene rings is 1. The van der Waals surface area contributed by atoms with Crippen molar-refractivity contribution >= 4 is 51.4 Å². The molecule has 0 radical (unpaired) electrons. The van der Waals surface area contributed by atoms with Crippen molar-refractivity contribution in [2.75, 3.05) is 11.9 Å². The lowest BCUT2D eigenvalue weighted by Gasteiger charge is -2.12. The van der Waals surface area contributed by atoms with Gasteiger partial charge in [0.25, 0.3) is 5.91 Å². The fourth-order valence-corrected chi connectivity index (χ4v) is 4.86. The maximum atomic E-state index is 12.7. The lowest BCUT2D eigenvalue weighted by Crippen LogP contribution is -2.21. The van der Waals surface area contributed by atoms with E-state index in [0.717, 1.165) is 10.4 Å². The maximum Gasteiger partial charge on any atom is 0.251 e. The van der Waals surface area contributed by atoms with Crippen molar-refractivity contribution in [2.45, 2.75) is 26.9 Å². The van der Waals surface area contributed by atoms with Gasteiger partial charge >= 0.3 is 0 Å². The molecule has 1 aliphatic heterocycles. The summed E-state index contributed by atoms with van der Waals surface area (Å²) in [6.07, 6.45) is 2.32. The van der Waals surface area contributed by atoms with Gasteiger partial charge in [0, 0.05) is 4.88 Å². The van der Waals surface area contributed by atoms with Crippen LogP contribution in [0.3, 0.4) is 0 Å². The van der Waals surface area contributed by atoms with Crippen LogP contribution < -0.4 is 11.1 Å². The molecule has 0 spiro atoms. The van der Waals surface area contributed by atoms with Gasteiger partial charge in [0.05, 0.1) is 24.7 Å². The van der Waals surface area contributed by atoms with Crippen LogP contribution in [-0.4, -0.2) is 18.4 Å². The number of carbonyl (C=O) groups is 2. The molecule has 8 heteroatoms. The molecule has 130 valence electrons. The molecule has 2 atom stereocenters. The average Bonchev–Trinajstić information content (AvgIpc) is 2.85. The normalized spacial score (nSPS) is 24.0. The van der Waals surface area contributed by atoms with Crippen molar-refractivity contribution < 1.29 is 14.3 Å². The van der Waals surface area contributed by atoms with Crippen LogP contribution in [0.15, 0.2) is 10.6 Å². The number of hydrogen-bond acceptors (Lipinski definition) is 4. The molecular formula is C16H18Cl2N2O3S. The molecule has 3 rings (SSSR count). The first-order valence-corrected chi connectivity index (χ1v) is 9.16. The number of anilines is 1. The molecular weight excluding hydrogens is 371 g/mol.